The van der Waals surface area contributed by atoms with Gasteiger partial charge < -0.3 is 0 Å². The minimum absolute atomic E-state index is 0.00736. The molecule has 0 spiro atoms. The van der Waals surface area contributed by atoms with Gasteiger partial charge in [-0.2, -0.15) is 5.10 Å². The topological polar surface area (TPSA) is 198 Å². The molecule has 4 aromatic rings. The van der Waals surface area contributed by atoms with Crippen molar-refractivity contribution in [3.05, 3.63) is 92.3 Å². The second-order valence-electron chi connectivity index (χ2n) is 5.73. The summed E-state index contributed by atoms with van der Waals surface area (Å²) in [5, 5.41) is 32.0. The Morgan fingerprint density at radius 2 is 1.20 bits per heavy atom. The van der Waals surface area contributed by atoms with Gasteiger partial charge in [0.15, 0.2) is 0 Å². The molecule has 0 atom stereocenters. The van der Waals surface area contributed by atoms with Gasteiger partial charge in [-0.3, -0.25) is 44.8 Å². The first-order valence-electron chi connectivity index (χ1n) is 7.90. The van der Waals surface area contributed by atoms with Crippen LogP contribution in [0.5, 0.6) is 0 Å². The van der Waals surface area contributed by atoms with Crippen molar-refractivity contribution in [2.24, 2.45) is 0 Å². The number of H-pyrrole nitrogens is 3. The highest BCUT2D eigenvalue weighted by molar-refractivity contribution is 9.10. The van der Waals surface area contributed by atoms with Crippen molar-refractivity contribution in [2.75, 3.05) is 0 Å². The molecule has 0 saturated heterocycles. The van der Waals surface area contributed by atoms with Crippen LogP contribution in [0, 0.1) is 20.2 Å². The van der Waals surface area contributed by atoms with E-state index in [0.717, 1.165) is 6.07 Å². The number of rotatable bonds is 2. The van der Waals surface area contributed by atoms with E-state index < -0.39 is 26.5 Å². The average molecular weight is 477 g/mol. The molecular weight excluding hydrogens is 468 g/mol. The number of hydrogen-bond acceptors (Lipinski definition) is 8. The minimum atomic E-state index is -0.625. The monoisotopic (exact) mass is 476 g/mol. The third-order valence-electron chi connectivity index (χ3n) is 3.93. The molecule has 0 aliphatic heterocycles. The van der Waals surface area contributed by atoms with Crippen LogP contribution in [-0.2, 0) is 0 Å². The summed E-state index contributed by atoms with van der Waals surface area (Å²) < 4.78 is 0.451. The molecule has 4 rings (SSSR count). The average Bonchev–Trinajstić information content (AvgIpc) is 2.73. The predicted octanol–water partition coefficient (Wildman–Crippen LogP) is 1.72. The Morgan fingerprint density at radius 3 is 1.73 bits per heavy atom. The summed E-state index contributed by atoms with van der Waals surface area (Å²) in [6.07, 6.45) is 0. The van der Waals surface area contributed by atoms with Gasteiger partial charge in [-0.25, -0.2) is 5.10 Å². The van der Waals surface area contributed by atoms with E-state index in [4.69, 9.17) is 0 Å². The predicted molar refractivity (Wildman–Crippen MR) is 109 cm³/mol. The molecule has 2 aromatic carbocycles. The summed E-state index contributed by atoms with van der Waals surface area (Å²) in [6, 6.07) is 7.54. The van der Waals surface area contributed by atoms with E-state index in [9.17, 15) is 34.6 Å². The number of non-ortho nitro benzene ring substituents is 2. The molecule has 3 N–H and O–H groups in total. The Morgan fingerprint density at radius 1 is 0.733 bits per heavy atom. The van der Waals surface area contributed by atoms with Crippen molar-refractivity contribution in [3.8, 4) is 0 Å². The summed E-state index contributed by atoms with van der Waals surface area (Å²) in [5.41, 5.74) is -1.84. The van der Waals surface area contributed by atoms with E-state index in [1.165, 1.54) is 30.3 Å². The third kappa shape index (κ3) is 3.97. The van der Waals surface area contributed by atoms with Gasteiger partial charge >= 0.3 is 0 Å². The summed E-state index contributed by atoms with van der Waals surface area (Å²) in [4.78, 5) is 53.6. The Balaban J connectivity index is 0.000000171. The number of hydrogen-bond donors (Lipinski definition) is 3. The molecule has 13 nitrogen and oxygen atoms in total. The van der Waals surface area contributed by atoms with Gasteiger partial charge in [0.05, 0.1) is 26.0 Å². The van der Waals surface area contributed by atoms with Gasteiger partial charge in [0, 0.05) is 29.7 Å². The standard InChI is InChI=1S/C8H4BrN3O3.C8H5N3O4/c9-7-5-2-1-4(12(14)15)3-6(5)8(13)11-10-7;12-7-5-2-1-4(11(14)15)3-6(5)8(13)10-9-7/h1-3H,(H,11,13);1-3H,(H,9,12)(H,10,13). The van der Waals surface area contributed by atoms with E-state index in [1.807, 2.05) is 0 Å². The number of nitro groups is 2. The van der Waals surface area contributed by atoms with Crippen molar-refractivity contribution in [1.29, 1.82) is 0 Å². The number of halogens is 1. The lowest BCUT2D eigenvalue weighted by molar-refractivity contribution is -0.384. The molecule has 0 unspecified atom stereocenters. The molecule has 2 heterocycles. The van der Waals surface area contributed by atoms with Crippen LogP contribution in [0.15, 0.2) is 55.4 Å². The Hall–Kier alpha value is -4.20. The fourth-order valence-electron chi connectivity index (χ4n) is 2.51. The largest absolute Gasteiger partial charge is 0.272 e. The quantitative estimate of drug-likeness (QED) is 0.286. The molecule has 152 valence electrons. The third-order valence-corrected chi connectivity index (χ3v) is 4.53. The number of nitrogens with zero attached hydrogens (tertiary/aromatic N) is 3. The normalized spacial score (nSPS) is 10.4. The maximum Gasteiger partial charge on any atom is 0.272 e. The highest BCUT2D eigenvalue weighted by Crippen LogP contribution is 2.22. The van der Waals surface area contributed by atoms with Gasteiger partial charge in [0.1, 0.15) is 4.60 Å². The molecule has 0 bridgehead atoms. The maximum atomic E-state index is 11.3. The summed E-state index contributed by atoms with van der Waals surface area (Å²) in [5.74, 6) is 0. The first-order valence-corrected chi connectivity index (χ1v) is 8.70. The van der Waals surface area contributed by atoms with Crippen LogP contribution in [0.3, 0.4) is 0 Å². The van der Waals surface area contributed by atoms with E-state index >= 15 is 0 Å². The molecule has 0 radical (unpaired) electrons. The molecular formula is C16H9BrN6O7. The summed E-state index contributed by atoms with van der Waals surface area (Å²) in [6.45, 7) is 0. The van der Waals surface area contributed by atoms with Gasteiger partial charge in [-0.15, -0.1) is 0 Å². The SMILES string of the molecule is O=c1[nH][nH]c(=O)c2cc([N+](=O)[O-])ccc12.O=c1[nH]nc(Br)c2ccc([N+](=O)[O-])cc12. The zero-order valence-electron chi connectivity index (χ0n) is 14.5. The molecule has 2 aromatic heterocycles. The number of nitrogens with one attached hydrogen (secondary N) is 3. The Bertz CT molecular complexity index is 1490. The lowest BCUT2D eigenvalue weighted by atomic mass is 10.2. The van der Waals surface area contributed by atoms with Crippen LogP contribution < -0.4 is 16.7 Å². The highest BCUT2D eigenvalue weighted by atomic mass is 79.9. The van der Waals surface area contributed by atoms with Gasteiger partial charge in [-0.05, 0) is 28.1 Å². The second-order valence-corrected chi connectivity index (χ2v) is 6.48. The number of nitro benzene ring substituents is 2. The van der Waals surface area contributed by atoms with Crippen molar-refractivity contribution < 1.29 is 9.85 Å². The molecule has 14 heteroatoms. The van der Waals surface area contributed by atoms with E-state index in [1.54, 1.807) is 0 Å². The first kappa shape index (κ1) is 20.5. The zero-order chi connectivity index (χ0) is 22.0. The van der Waals surface area contributed by atoms with Crippen LogP contribution in [-0.4, -0.2) is 30.2 Å². The molecule has 0 fully saturated rings. The lowest BCUT2D eigenvalue weighted by Gasteiger charge is -1.98. The van der Waals surface area contributed by atoms with Crippen molar-refractivity contribution >= 4 is 48.8 Å². The molecule has 0 aliphatic rings. The van der Waals surface area contributed by atoms with Gasteiger partial charge in [0.25, 0.3) is 28.1 Å². The van der Waals surface area contributed by atoms with Crippen molar-refractivity contribution in [3.63, 3.8) is 0 Å². The lowest BCUT2D eigenvalue weighted by Crippen LogP contribution is -2.18. The van der Waals surface area contributed by atoms with Gasteiger partial charge in [-0.1, -0.05) is 0 Å². The second kappa shape index (κ2) is 8.04. The maximum absolute atomic E-state index is 11.3. The van der Waals surface area contributed by atoms with E-state index in [0.29, 0.717) is 9.99 Å². The van der Waals surface area contributed by atoms with Crippen molar-refractivity contribution in [2.45, 2.75) is 0 Å². The van der Waals surface area contributed by atoms with Crippen LogP contribution in [0.1, 0.15) is 0 Å². The highest BCUT2D eigenvalue weighted by Gasteiger charge is 2.11. The van der Waals surface area contributed by atoms with Crippen LogP contribution >= 0.6 is 15.9 Å². The minimum Gasteiger partial charge on any atom is -0.267 e. The van der Waals surface area contributed by atoms with Gasteiger partial charge in [0.2, 0.25) is 0 Å². The molecule has 30 heavy (non-hydrogen) atoms. The number of fused-ring (bicyclic) bond motifs is 2. The fourth-order valence-corrected chi connectivity index (χ4v) is 2.95. The summed E-state index contributed by atoms with van der Waals surface area (Å²) >= 11 is 3.14. The number of aromatic amines is 3. The first-order chi connectivity index (χ1) is 14.2. The van der Waals surface area contributed by atoms with E-state index in [-0.39, 0.29) is 27.5 Å². The van der Waals surface area contributed by atoms with Crippen LogP contribution in [0.4, 0.5) is 11.4 Å². The summed E-state index contributed by atoms with van der Waals surface area (Å²) in [7, 11) is 0. The number of benzene rings is 2. The molecule has 0 saturated carbocycles. The van der Waals surface area contributed by atoms with E-state index in [2.05, 4.69) is 36.3 Å². The van der Waals surface area contributed by atoms with Crippen LogP contribution in [0.25, 0.3) is 21.5 Å². The van der Waals surface area contributed by atoms with Crippen LogP contribution in [0.2, 0.25) is 0 Å². The molecule has 0 aliphatic carbocycles. The van der Waals surface area contributed by atoms with Crippen molar-refractivity contribution in [1.82, 2.24) is 20.4 Å². The fraction of sp³-hybridized carbons (Fsp3) is 0. The Kier molecular flexibility index (Phi) is 5.50. The molecule has 0 amide bonds. The number of aromatic nitrogens is 4. The zero-order valence-corrected chi connectivity index (χ0v) is 16.1. The Labute approximate surface area is 171 Å². The smallest absolute Gasteiger partial charge is 0.267 e.